The van der Waals surface area contributed by atoms with Gasteiger partial charge in [0.25, 0.3) is 11.8 Å². The molecule has 0 aliphatic carbocycles. The minimum Gasteiger partial charge on any atom is -0.466 e. The first-order chi connectivity index (χ1) is 22.5. The minimum absolute atomic E-state index is 0.0147. The Hall–Kier alpha value is -5.72. The number of amides is 3. The van der Waals surface area contributed by atoms with E-state index in [0.29, 0.717) is 28.2 Å². The van der Waals surface area contributed by atoms with E-state index in [0.717, 1.165) is 30.4 Å². The van der Waals surface area contributed by atoms with Gasteiger partial charge in [-0.2, -0.15) is 18.3 Å². The van der Waals surface area contributed by atoms with E-state index in [-0.39, 0.29) is 18.7 Å². The SMILES string of the molecule is CCN1C(=O)[C@@H](NC(=O)c2cccc(C(F)(F)F)c2)[C@H](c2ccccc2CNC(=O)/C=C/C(=O)OC)c2cnn(-c3ccccc3)c21. The summed E-state index contributed by atoms with van der Waals surface area (Å²) in [6.45, 7) is 1.96. The molecule has 1 aliphatic rings. The number of aromatic nitrogens is 2. The molecular formula is C34H30F3N5O5. The third kappa shape index (κ3) is 6.93. The van der Waals surface area contributed by atoms with Gasteiger partial charge in [-0.05, 0) is 48.4 Å². The maximum absolute atomic E-state index is 14.3. The number of nitrogens with zero attached hydrogens (tertiary/aromatic N) is 3. The fourth-order valence-corrected chi connectivity index (χ4v) is 5.51. The molecule has 0 unspecified atom stereocenters. The first-order valence-electron chi connectivity index (χ1n) is 14.6. The zero-order valence-corrected chi connectivity index (χ0v) is 25.3. The summed E-state index contributed by atoms with van der Waals surface area (Å²) in [7, 11) is 1.18. The molecule has 0 saturated carbocycles. The summed E-state index contributed by atoms with van der Waals surface area (Å²) in [4.78, 5) is 53.2. The molecule has 0 bridgehead atoms. The molecule has 10 nitrogen and oxygen atoms in total. The Balaban J connectivity index is 1.59. The first kappa shape index (κ1) is 32.7. The number of benzene rings is 3. The molecule has 242 valence electrons. The van der Waals surface area contributed by atoms with Crippen LogP contribution in [-0.2, 0) is 31.8 Å². The zero-order valence-electron chi connectivity index (χ0n) is 25.3. The summed E-state index contributed by atoms with van der Waals surface area (Å²) in [5.41, 5.74) is 1.15. The number of hydrogen-bond donors (Lipinski definition) is 2. The van der Waals surface area contributed by atoms with E-state index in [1.54, 1.807) is 42.1 Å². The lowest BCUT2D eigenvalue weighted by molar-refractivity contribution is -0.137. The van der Waals surface area contributed by atoms with Crippen molar-refractivity contribution in [3.05, 3.63) is 125 Å². The number of halogens is 3. The third-order valence-corrected chi connectivity index (χ3v) is 7.70. The Kier molecular flexibility index (Phi) is 9.54. The highest BCUT2D eigenvalue weighted by molar-refractivity contribution is 6.05. The molecule has 13 heteroatoms. The zero-order chi connectivity index (χ0) is 33.7. The predicted octanol–water partition coefficient (Wildman–Crippen LogP) is 4.53. The lowest BCUT2D eigenvalue weighted by Crippen LogP contribution is -2.55. The maximum atomic E-state index is 14.3. The molecule has 0 saturated heterocycles. The lowest BCUT2D eigenvalue weighted by atomic mass is 9.80. The Labute approximate surface area is 267 Å². The summed E-state index contributed by atoms with van der Waals surface area (Å²) in [6, 6.07) is 18.8. The van der Waals surface area contributed by atoms with Crippen molar-refractivity contribution in [1.29, 1.82) is 0 Å². The van der Waals surface area contributed by atoms with Crippen molar-refractivity contribution in [3.8, 4) is 5.69 Å². The number of carbonyl (C=O) groups excluding carboxylic acids is 4. The quantitative estimate of drug-likeness (QED) is 0.204. The van der Waals surface area contributed by atoms with Crippen LogP contribution in [0.4, 0.5) is 19.0 Å². The second kappa shape index (κ2) is 13.7. The van der Waals surface area contributed by atoms with E-state index in [4.69, 9.17) is 0 Å². The van der Waals surface area contributed by atoms with Crippen LogP contribution in [0.15, 0.2) is 97.2 Å². The number of likely N-dealkylation sites (N-methyl/N-ethyl adjacent to an activating group) is 1. The van der Waals surface area contributed by atoms with Gasteiger partial charge >= 0.3 is 12.1 Å². The molecule has 2 N–H and O–H groups in total. The van der Waals surface area contributed by atoms with Crippen molar-refractivity contribution in [2.75, 3.05) is 18.6 Å². The van der Waals surface area contributed by atoms with E-state index < -0.39 is 47.4 Å². The largest absolute Gasteiger partial charge is 0.466 e. The summed E-state index contributed by atoms with van der Waals surface area (Å²) in [6.07, 6.45) is -1.07. The standard InChI is InChI=1S/C34H30F3N5O5/c1-3-41-32-26(20-39-42(32)24-13-5-4-6-14-24)29(25-15-8-7-10-22(25)19-38-27(43)16-17-28(44)47-2)30(33(41)46)40-31(45)21-11-9-12-23(18-21)34(35,36)37/h4-18,20,29-30H,3,19H2,1-2H3,(H,38,43)(H,40,45)/b17-16+/t29-,30+/m1/s1. The van der Waals surface area contributed by atoms with E-state index in [9.17, 15) is 32.3 Å². The molecular weight excluding hydrogens is 615 g/mol. The van der Waals surface area contributed by atoms with Crippen molar-refractivity contribution in [1.82, 2.24) is 20.4 Å². The molecule has 3 amide bonds. The van der Waals surface area contributed by atoms with Gasteiger partial charge in [0.15, 0.2) is 0 Å². The van der Waals surface area contributed by atoms with E-state index in [2.05, 4.69) is 20.5 Å². The van der Waals surface area contributed by atoms with Crippen LogP contribution in [0, 0.1) is 0 Å². The second-order valence-electron chi connectivity index (χ2n) is 10.5. The van der Waals surface area contributed by atoms with Crippen LogP contribution >= 0.6 is 0 Å². The predicted molar refractivity (Wildman–Crippen MR) is 166 cm³/mol. The monoisotopic (exact) mass is 645 g/mol. The maximum Gasteiger partial charge on any atom is 0.416 e. The Morgan fingerprint density at radius 1 is 0.957 bits per heavy atom. The van der Waals surface area contributed by atoms with Gasteiger partial charge < -0.3 is 15.4 Å². The van der Waals surface area contributed by atoms with E-state index in [1.807, 2.05) is 30.3 Å². The second-order valence-corrected chi connectivity index (χ2v) is 10.5. The van der Waals surface area contributed by atoms with Gasteiger partial charge in [-0.3, -0.25) is 19.3 Å². The molecule has 3 aromatic carbocycles. The van der Waals surface area contributed by atoms with Gasteiger partial charge in [-0.25, -0.2) is 9.48 Å². The topological polar surface area (TPSA) is 123 Å². The normalized spacial score (nSPS) is 16.1. The number of nitrogens with one attached hydrogen (secondary N) is 2. The number of anilines is 1. The molecule has 1 aliphatic heterocycles. The minimum atomic E-state index is -4.67. The van der Waals surface area contributed by atoms with Crippen molar-refractivity contribution < 1.29 is 37.1 Å². The fraction of sp³-hybridized carbons (Fsp3) is 0.206. The molecule has 1 aromatic heterocycles. The summed E-state index contributed by atoms with van der Waals surface area (Å²) in [5, 5.41) is 10.0. The lowest BCUT2D eigenvalue weighted by Gasteiger charge is -2.38. The van der Waals surface area contributed by atoms with Gasteiger partial charge in [0.1, 0.15) is 11.9 Å². The van der Waals surface area contributed by atoms with Crippen molar-refractivity contribution in [3.63, 3.8) is 0 Å². The van der Waals surface area contributed by atoms with Crippen LogP contribution in [-0.4, -0.2) is 53.2 Å². The Bertz CT molecular complexity index is 1840. The van der Waals surface area contributed by atoms with Crippen molar-refractivity contribution in [2.45, 2.75) is 31.6 Å². The van der Waals surface area contributed by atoms with Crippen molar-refractivity contribution >= 4 is 29.5 Å². The smallest absolute Gasteiger partial charge is 0.416 e. The highest BCUT2D eigenvalue weighted by Crippen LogP contribution is 2.42. The molecule has 0 spiro atoms. The molecule has 0 fully saturated rings. The van der Waals surface area contributed by atoms with Crippen LogP contribution < -0.4 is 15.5 Å². The van der Waals surface area contributed by atoms with Crippen LogP contribution in [0.2, 0.25) is 0 Å². The Morgan fingerprint density at radius 3 is 2.38 bits per heavy atom. The van der Waals surface area contributed by atoms with Crippen LogP contribution in [0.3, 0.4) is 0 Å². The van der Waals surface area contributed by atoms with Crippen LogP contribution in [0.5, 0.6) is 0 Å². The number of para-hydroxylation sites is 1. The number of carbonyl (C=O) groups is 4. The van der Waals surface area contributed by atoms with Crippen LogP contribution in [0.25, 0.3) is 5.69 Å². The summed E-state index contributed by atoms with van der Waals surface area (Å²) in [5.74, 6) is -3.03. The highest BCUT2D eigenvalue weighted by atomic mass is 19.4. The number of hydrogen-bond acceptors (Lipinski definition) is 6. The summed E-state index contributed by atoms with van der Waals surface area (Å²) < 4.78 is 46.5. The molecule has 0 radical (unpaired) electrons. The third-order valence-electron chi connectivity index (χ3n) is 7.70. The van der Waals surface area contributed by atoms with Gasteiger partial charge in [0.05, 0.1) is 24.6 Å². The molecule has 5 rings (SSSR count). The average Bonchev–Trinajstić information content (AvgIpc) is 3.51. The number of fused-ring (bicyclic) bond motifs is 1. The van der Waals surface area contributed by atoms with E-state index in [1.165, 1.54) is 18.1 Å². The molecule has 2 atom stereocenters. The number of rotatable bonds is 9. The number of esters is 1. The van der Waals surface area contributed by atoms with Gasteiger partial charge in [-0.1, -0.05) is 48.5 Å². The first-order valence-corrected chi connectivity index (χ1v) is 14.6. The highest BCUT2D eigenvalue weighted by Gasteiger charge is 2.45. The van der Waals surface area contributed by atoms with Gasteiger partial charge in [0.2, 0.25) is 5.91 Å². The number of alkyl halides is 3. The van der Waals surface area contributed by atoms with Gasteiger partial charge in [-0.15, -0.1) is 0 Å². The molecule has 47 heavy (non-hydrogen) atoms. The molecule has 2 heterocycles. The average molecular weight is 646 g/mol. The number of ether oxygens (including phenoxy) is 1. The molecule has 4 aromatic rings. The van der Waals surface area contributed by atoms with Gasteiger partial charge in [0, 0.05) is 42.3 Å². The Morgan fingerprint density at radius 2 is 1.68 bits per heavy atom. The fourth-order valence-electron chi connectivity index (χ4n) is 5.51. The van der Waals surface area contributed by atoms with E-state index >= 15 is 0 Å². The van der Waals surface area contributed by atoms with Crippen molar-refractivity contribution in [2.24, 2.45) is 0 Å². The number of methoxy groups -OCH3 is 1. The summed E-state index contributed by atoms with van der Waals surface area (Å²) >= 11 is 0. The van der Waals surface area contributed by atoms with Crippen LogP contribution in [0.1, 0.15) is 45.5 Å².